The van der Waals surface area contributed by atoms with Crippen molar-refractivity contribution in [1.29, 1.82) is 0 Å². The van der Waals surface area contributed by atoms with E-state index in [1.807, 2.05) is 0 Å². The zero-order valence-electron chi connectivity index (χ0n) is 9.32. The molecule has 0 saturated carbocycles. The first-order valence-electron chi connectivity index (χ1n) is 5.17. The quantitative estimate of drug-likeness (QED) is 0.890. The van der Waals surface area contributed by atoms with Crippen LogP contribution < -0.4 is 10.0 Å². The Kier molecular flexibility index (Phi) is 5.36. The largest absolute Gasteiger partial charge is 0.315 e. The Balaban J connectivity index is 0.00000162. The molecular formula is C10H13Cl2FN2O2S. The molecule has 1 unspecified atom stereocenters. The highest BCUT2D eigenvalue weighted by Gasteiger charge is 2.24. The van der Waals surface area contributed by atoms with E-state index in [1.54, 1.807) is 0 Å². The lowest BCUT2D eigenvalue weighted by Gasteiger charge is -2.12. The Morgan fingerprint density at radius 3 is 2.72 bits per heavy atom. The molecular weight excluding hydrogens is 302 g/mol. The molecule has 0 radical (unpaired) electrons. The number of benzene rings is 1. The van der Waals surface area contributed by atoms with E-state index in [4.69, 9.17) is 11.6 Å². The van der Waals surface area contributed by atoms with Crippen molar-refractivity contribution < 1.29 is 12.8 Å². The fourth-order valence-corrected chi connectivity index (χ4v) is 3.53. The first-order valence-corrected chi connectivity index (χ1v) is 7.03. The maximum absolute atomic E-state index is 12.8. The zero-order valence-corrected chi connectivity index (χ0v) is 11.7. The van der Waals surface area contributed by atoms with Crippen molar-refractivity contribution in [1.82, 2.24) is 10.0 Å². The normalized spacial score (nSPS) is 19.6. The number of nitrogens with one attached hydrogen (secondary N) is 2. The van der Waals surface area contributed by atoms with Crippen LogP contribution in [-0.2, 0) is 10.0 Å². The average molecular weight is 315 g/mol. The summed E-state index contributed by atoms with van der Waals surface area (Å²) in [7, 11) is -3.68. The van der Waals surface area contributed by atoms with E-state index in [0.29, 0.717) is 6.54 Å². The molecule has 0 spiro atoms. The van der Waals surface area contributed by atoms with Crippen LogP contribution in [0.15, 0.2) is 23.1 Å². The maximum Gasteiger partial charge on any atom is 0.242 e. The third-order valence-electron chi connectivity index (χ3n) is 2.57. The van der Waals surface area contributed by atoms with E-state index in [9.17, 15) is 12.8 Å². The lowest BCUT2D eigenvalue weighted by Crippen LogP contribution is -2.36. The van der Waals surface area contributed by atoms with Crippen molar-refractivity contribution in [3.05, 3.63) is 29.0 Å². The van der Waals surface area contributed by atoms with Gasteiger partial charge in [-0.05, 0) is 31.2 Å². The number of hydrogen-bond donors (Lipinski definition) is 2. The Hall–Kier alpha value is -0.400. The van der Waals surface area contributed by atoms with E-state index in [1.165, 1.54) is 6.07 Å². The molecule has 2 rings (SSSR count). The van der Waals surface area contributed by atoms with Gasteiger partial charge in [-0.1, -0.05) is 11.6 Å². The van der Waals surface area contributed by atoms with Crippen molar-refractivity contribution in [3.63, 3.8) is 0 Å². The molecule has 4 nitrogen and oxygen atoms in total. The topological polar surface area (TPSA) is 58.2 Å². The first kappa shape index (κ1) is 15.7. The van der Waals surface area contributed by atoms with Crippen LogP contribution in [0.2, 0.25) is 5.02 Å². The van der Waals surface area contributed by atoms with Crippen LogP contribution >= 0.6 is 24.0 Å². The predicted octanol–water partition coefficient (Wildman–Crippen LogP) is 1.54. The molecule has 8 heteroatoms. The summed E-state index contributed by atoms with van der Waals surface area (Å²) in [5.74, 6) is -0.559. The van der Waals surface area contributed by atoms with Crippen LogP contribution in [-0.4, -0.2) is 27.5 Å². The van der Waals surface area contributed by atoms with Gasteiger partial charge in [-0.2, -0.15) is 0 Å². The zero-order chi connectivity index (χ0) is 12.5. The van der Waals surface area contributed by atoms with Gasteiger partial charge in [-0.15, -0.1) is 12.4 Å². The molecule has 1 atom stereocenters. The molecule has 1 aromatic rings. The van der Waals surface area contributed by atoms with Crippen molar-refractivity contribution in [2.24, 2.45) is 0 Å². The predicted molar refractivity (Wildman–Crippen MR) is 70.3 cm³/mol. The molecule has 2 N–H and O–H groups in total. The van der Waals surface area contributed by atoms with Gasteiger partial charge in [-0.3, -0.25) is 0 Å². The summed E-state index contributed by atoms with van der Waals surface area (Å²) in [4.78, 5) is -0.0903. The summed E-state index contributed by atoms with van der Waals surface area (Å²) in [5.41, 5.74) is 0. The molecule has 1 aliphatic rings. The smallest absolute Gasteiger partial charge is 0.242 e. The molecule has 1 fully saturated rings. The first-order chi connectivity index (χ1) is 7.99. The van der Waals surface area contributed by atoms with E-state index < -0.39 is 15.8 Å². The van der Waals surface area contributed by atoms with Gasteiger partial charge < -0.3 is 5.32 Å². The Morgan fingerprint density at radius 1 is 1.44 bits per heavy atom. The molecule has 102 valence electrons. The summed E-state index contributed by atoms with van der Waals surface area (Å²) in [6, 6.07) is 3.10. The number of halogens is 3. The van der Waals surface area contributed by atoms with Crippen LogP contribution in [0.3, 0.4) is 0 Å². The van der Waals surface area contributed by atoms with Crippen LogP contribution in [0.1, 0.15) is 6.42 Å². The highest BCUT2D eigenvalue weighted by Crippen LogP contribution is 2.22. The fraction of sp³-hybridized carbons (Fsp3) is 0.400. The number of hydrogen-bond acceptors (Lipinski definition) is 3. The molecule has 1 aromatic carbocycles. The molecule has 18 heavy (non-hydrogen) atoms. The minimum atomic E-state index is -3.68. The molecule has 0 bridgehead atoms. The SMILES string of the molecule is Cl.O=S(=O)(NC1CCNC1)c1ccc(F)cc1Cl. The summed E-state index contributed by atoms with van der Waals surface area (Å²) in [5, 5.41) is 2.94. The number of sulfonamides is 1. The van der Waals surface area contributed by atoms with E-state index in [2.05, 4.69) is 10.0 Å². The second-order valence-electron chi connectivity index (χ2n) is 3.89. The second-order valence-corrected chi connectivity index (χ2v) is 5.98. The van der Waals surface area contributed by atoms with E-state index in [0.717, 1.165) is 25.1 Å². The molecule has 0 aromatic heterocycles. The Bertz CT molecular complexity index is 519. The minimum absolute atomic E-state index is 0. The van der Waals surface area contributed by atoms with Gasteiger partial charge in [0.05, 0.1) is 5.02 Å². The van der Waals surface area contributed by atoms with Crippen molar-refractivity contribution >= 4 is 34.0 Å². The lowest BCUT2D eigenvalue weighted by molar-refractivity contribution is 0.559. The van der Waals surface area contributed by atoms with Gasteiger partial charge in [0, 0.05) is 12.6 Å². The minimum Gasteiger partial charge on any atom is -0.315 e. The standard InChI is InChI=1S/C10H12ClFN2O2S.ClH/c11-9-5-7(12)1-2-10(9)17(15,16)14-8-3-4-13-6-8;/h1-2,5,8,13-14H,3-4,6H2;1H. The van der Waals surface area contributed by atoms with Crippen LogP contribution in [0.4, 0.5) is 4.39 Å². The van der Waals surface area contributed by atoms with Crippen molar-refractivity contribution in [2.45, 2.75) is 17.4 Å². The Labute approximate surface area is 116 Å². The Morgan fingerprint density at radius 2 is 2.17 bits per heavy atom. The molecule has 1 saturated heterocycles. The van der Waals surface area contributed by atoms with Gasteiger partial charge >= 0.3 is 0 Å². The molecule has 1 aliphatic heterocycles. The van der Waals surface area contributed by atoms with Crippen LogP contribution in [0.5, 0.6) is 0 Å². The summed E-state index contributed by atoms with van der Waals surface area (Å²) < 4.78 is 39.3. The highest BCUT2D eigenvalue weighted by atomic mass is 35.5. The van der Waals surface area contributed by atoms with Crippen LogP contribution in [0.25, 0.3) is 0 Å². The van der Waals surface area contributed by atoms with E-state index in [-0.39, 0.29) is 28.4 Å². The monoisotopic (exact) mass is 314 g/mol. The molecule has 0 amide bonds. The van der Waals surface area contributed by atoms with Crippen molar-refractivity contribution in [3.8, 4) is 0 Å². The summed E-state index contributed by atoms with van der Waals surface area (Å²) in [6.07, 6.45) is 0.734. The summed E-state index contributed by atoms with van der Waals surface area (Å²) in [6.45, 7) is 1.38. The lowest BCUT2D eigenvalue weighted by atomic mass is 10.3. The van der Waals surface area contributed by atoms with Gasteiger partial charge in [0.1, 0.15) is 10.7 Å². The highest BCUT2D eigenvalue weighted by molar-refractivity contribution is 7.89. The molecule has 1 heterocycles. The van der Waals surface area contributed by atoms with Gasteiger partial charge in [-0.25, -0.2) is 17.5 Å². The van der Waals surface area contributed by atoms with Gasteiger partial charge in [0.15, 0.2) is 0 Å². The van der Waals surface area contributed by atoms with Crippen LogP contribution in [0, 0.1) is 5.82 Å². The molecule has 0 aliphatic carbocycles. The third-order valence-corrected chi connectivity index (χ3v) is 4.57. The fourth-order valence-electron chi connectivity index (χ4n) is 1.73. The maximum atomic E-state index is 12.8. The number of rotatable bonds is 3. The summed E-state index contributed by atoms with van der Waals surface area (Å²) >= 11 is 5.72. The van der Waals surface area contributed by atoms with Gasteiger partial charge in [0.2, 0.25) is 10.0 Å². The second kappa shape index (κ2) is 6.16. The van der Waals surface area contributed by atoms with Gasteiger partial charge in [0.25, 0.3) is 0 Å². The third kappa shape index (κ3) is 3.55. The van der Waals surface area contributed by atoms with Crippen molar-refractivity contribution in [2.75, 3.05) is 13.1 Å². The van der Waals surface area contributed by atoms with E-state index >= 15 is 0 Å². The average Bonchev–Trinajstić information content (AvgIpc) is 2.68.